The summed E-state index contributed by atoms with van der Waals surface area (Å²) in [5.74, 6) is -1.32. The number of carbonyl (C=O) groups excluding carboxylic acids is 1. The van der Waals surface area contributed by atoms with Crippen LogP contribution in [0.25, 0.3) is 0 Å². The molecule has 3 fully saturated rings. The standard InChI is InChI=1S/C21H27F2NO3/c1-26-21-8-7-16(27-13-14-5-6-14)12-18(21)24(10-9-21)19(25)11-15-3-2-4-17(22)20(15)23/h2-4,14,16,18H,5-13H2,1H3/t16-,18-,21+/m0/s1. The molecule has 1 aliphatic heterocycles. The van der Waals surface area contributed by atoms with Crippen molar-refractivity contribution in [3.05, 3.63) is 35.4 Å². The van der Waals surface area contributed by atoms with E-state index in [4.69, 9.17) is 9.47 Å². The van der Waals surface area contributed by atoms with Gasteiger partial charge in [0, 0.05) is 25.8 Å². The topological polar surface area (TPSA) is 38.8 Å². The maximum Gasteiger partial charge on any atom is 0.227 e. The Kier molecular flexibility index (Phi) is 5.21. The first-order valence-electron chi connectivity index (χ1n) is 9.91. The lowest BCUT2D eigenvalue weighted by Crippen LogP contribution is -2.53. The monoisotopic (exact) mass is 379 g/mol. The molecule has 4 rings (SSSR count). The first-order chi connectivity index (χ1) is 13.0. The molecule has 27 heavy (non-hydrogen) atoms. The lowest BCUT2D eigenvalue weighted by molar-refractivity contribution is -0.141. The van der Waals surface area contributed by atoms with Crippen LogP contribution in [0.15, 0.2) is 18.2 Å². The Bertz CT molecular complexity index is 709. The highest BCUT2D eigenvalue weighted by Gasteiger charge is 2.52. The Balaban J connectivity index is 1.46. The second-order valence-electron chi connectivity index (χ2n) is 8.18. The van der Waals surface area contributed by atoms with Crippen molar-refractivity contribution in [3.63, 3.8) is 0 Å². The molecule has 1 saturated heterocycles. The van der Waals surface area contributed by atoms with Crippen LogP contribution < -0.4 is 0 Å². The maximum atomic E-state index is 14.0. The van der Waals surface area contributed by atoms with Crippen molar-refractivity contribution in [2.75, 3.05) is 20.3 Å². The van der Waals surface area contributed by atoms with E-state index in [1.165, 1.54) is 25.0 Å². The highest BCUT2D eigenvalue weighted by molar-refractivity contribution is 5.79. The van der Waals surface area contributed by atoms with Gasteiger partial charge in [0.05, 0.1) is 24.2 Å². The summed E-state index contributed by atoms with van der Waals surface area (Å²) < 4.78 is 39.4. The number of nitrogens with zero attached hydrogens (tertiary/aromatic N) is 1. The Morgan fingerprint density at radius 2 is 2.07 bits per heavy atom. The van der Waals surface area contributed by atoms with Crippen LogP contribution in [0.2, 0.25) is 0 Å². The second kappa shape index (κ2) is 7.47. The highest BCUT2D eigenvalue weighted by Crippen LogP contribution is 2.44. The number of likely N-dealkylation sites (tertiary alicyclic amines) is 1. The van der Waals surface area contributed by atoms with Gasteiger partial charge in [-0.15, -0.1) is 0 Å². The van der Waals surface area contributed by atoms with Gasteiger partial charge < -0.3 is 14.4 Å². The Morgan fingerprint density at radius 1 is 1.26 bits per heavy atom. The molecule has 0 bridgehead atoms. The van der Waals surface area contributed by atoms with Crippen LogP contribution in [0.3, 0.4) is 0 Å². The van der Waals surface area contributed by atoms with Crippen LogP contribution >= 0.6 is 0 Å². The molecular weight excluding hydrogens is 352 g/mol. The van der Waals surface area contributed by atoms with E-state index in [0.29, 0.717) is 12.5 Å². The number of amides is 1. The zero-order valence-corrected chi connectivity index (χ0v) is 15.8. The summed E-state index contributed by atoms with van der Waals surface area (Å²) in [5, 5.41) is 0. The predicted octanol–water partition coefficient (Wildman–Crippen LogP) is 3.47. The number of carbonyl (C=O) groups is 1. The van der Waals surface area contributed by atoms with Gasteiger partial charge in [-0.2, -0.15) is 0 Å². The fourth-order valence-electron chi connectivity index (χ4n) is 4.62. The number of fused-ring (bicyclic) bond motifs is 1. The van der Waals surface area contributed by atoms with Gasteiger partial charge in [-0.1, -0.05) is 12.1 Å². The van der Waals surface area contributed by atoms with Gasteiger partial charge in [0.2, 0.25) is 5.91 Å². The minimum Gasteiger partial charge on any atom is -0.378 e. The van der Waals surface area contributed by atoms with Crippen LogP contribution in [0.1, 0.15) is 44.1 Å². The molecule has 3 atom stereocenters. The molecule has 148 valence electrons. The Hall–Kier alpha value is -1.53. The first-order valence-corrected chi connectivity index (χ1v) is 9.91. The predicted molar refractivity (Wildman–Crippen MR) is 96.2 cm³/mol. The molecule has 0 N–H and O–H groups in total. The summed E-state index contributed by atoms with van der Waals surface area (Å²) in [4.78, 5) is 14.7. The third-order valence-corrected chi connectivity index (χ3v) is 6.50. The average Bonchev–Trinajstić information content (AvgIpc) is 3.42. The molecule has 1 aromatic rings. The number of hydrogen-bond acceptors (Lipinski definition) is 3. The summed E-state index contributed by atoms with van der Waals surface area (Å²) in [6, 6.07) is 3.91. The number of benzene rings is 1. The van der Waals surface area contributed by atoms with Gasteiger partial charge in [0.1, 0.15) is 0 Å². The van der Waals surface area contributed by atoms with E-state index >= 15 is 0 Å². The molecule has 0 unspecified atom stereocenters. The van der Waals surface area contributed by atoms with Crippen molar-refractivity contribution in [1.82, 2.24) is 4.90 Å². The highest BCUT2D eigenvalue weighted by atomic mass is 19.2. The number of rotatable bonds is 6. The second-order valence-corrected chi connectivity index (χ2v) is 8.18. The number of methoxy groups -OCH3 is 1. The Labute approximate surface area is 158 Å². The number of halogens is 2. The van der Waals surface area contributed by atoms with E-state index in [1.54, 1.807) is 12.0 Å². The molecule has 0 aromatic heterocycles. The van der Waals surface area contributed by atoms with E-state index in [2.05, 4.69) is 0 Å². The van der Waals surface area contributed by atoms with Crippen LogP contribution in [-0.4, -0.2) is 48.8 Å². The zero-order valence-electron chi connectivity index (χ0n) is 15.8. The molecule has 2 saturated carbocycles. The van der Waals surface area contributed by atoms with Crippen LogP contribution in [0, 0.1) is 17.6 Å². The molecule has 3 aliphatic rings. The van der Waals surface area contributed by atoms with Crippen LogP contribution in [0.5, 0.6) is 0 Å². The summed E-state index contributed by atoms with van der Waals surface area (Å²) in [6.45, 7) is 1.39. The maximum absolute atomic E-state index is 14.0. The summed E-state index contributed by atoms with van der Waals surface area (Å²) >= 11 is 0. The molecule has 2 aliphatic carbocycles. The van der Waals surface area contributed by atoms with Crippen molar-refractivity contribution in [1.29, 1.82) is 0 Å². The summed E-state index contributed by atoms with van der Waals surface area (Å²) in [5.41, 5.74) is -0.234. The zero-order chi connectivity index (χ0) is 19.0. The summed E-state index contributed by atoms with van der Waals surface area (Å²) in [7, 11) is 1.71. The molecule has 1 aromatic carbocycles. The van der Waals surface area contributed by atoms with Crippen molar-refractivity contribution >= 4 is 5.91 Å². The van der Waals surface area contributed by atoms with Gasteiger partial charge in [0.15, 0.2) is 11.6 Å². The minimum atomic E-state index is -0.933. The van der Waals surface area contributed by atoms with E-state index in [1.807, 2.05) is 0 Å². The third-order valence-electron chi connectivity index (χ3n) is 6.50. The van der Waals surface area contributed by atoms with Crippen molar-refractivity contribution < 1.29 is 23.0 Å². The van der Waals surface area contributed by atoms with Crippen molar-refractivity contribution in [3.8, 4) is 0 Å². The quantitative estimate of drug-likeness (QED) is 0.760. The van der Waals surface area contributed by atoms with Gasteiger partial charge in [0.25, 0.3) is 0 Å². The number of hydrogen-bond donors (Lipinski definition) is 0. The molecule has 0 radical (unpaired) electrons. The molecule has 4 nitrogen and oxygen atoms in total. The van der Waals surface area contributed by atoms with Gasteiger partial charge >= 0.3 is 0 Å². The van der Waals surface area contributed by atoms with Gasteiger partial charge in [-0.05, 0) is 50.5 Å². The van der Waals surface area contributed by atoms with Crippen LogP contribution in [0.4, 0.5) is 8.78 Å². The fraction of sp³-hybridized carbons (Fsp3) is 0.667. The van der Waals surface area contributed by atoms with E-state index in [0.717, 1.165) is 38.4 Å². The van der Waals surface area contributed by atoms with Gasteiger partial charge in [-0.3, -0.25) is 4.79 Å². The third kappa shape index (κ3) is 3.74. The average molecular weight is 379 g/mol. The minimum absolute atomic E-state index is 0.0652. The SMILES string of the molecule is CO[C@@]12CC[C@H](OCC3CC3)C[C@@H]1N(C(=O)Cc1cccc(F)c1F)CC2. The fourth-order valence-corrected chi connectivity index (χ4v) is 4.62. The van der Waals surface area contributed by atoms with E-state index < -0.39 is 11.6 Å². The molecule has 6 heteroatoms. The molecule has 1 heterocycles. The number of ether oxygens (including phenoxy) is 2. The van der Waals surface area contributed by atoms with E-state index in [-0.39, 0.29) is 35.6 Å². The van der Waals surface area contributed by atoms with Crippen molar-refractivity contribution in [2.24, 2.45) is 5.92 Å². The van der Waals surface area contributed by atoms with Crippen LogP contribution in [-0.2, 0) is 20.7 Å². The molecule has 0 spiro atoms. The van der Waals surface area contributed by atoms with Gasteiger partial charge in [-0.25, -0.2) is 8.78 Å². The first kappa shape index (κ1) is 18.8. The smallest absolute Gasteiger partial charge is 0.227 e. The lowest BCUT2D eigenvalue weighted by atomic mass is 9.79. The molecular formula is C21H27F2NO3. The van der Waals surface area contributed by atoms with Crippen molar-refractivity contribution in [2.45, 2.75) is 62.7 Å². The lowest BCUT2D eigenvalue weighted by Gasteiger charge is -2.43. The summed E-state index contributed by atoms with van der Waals surface area (Å²) in [6.07, 6.45) is 5.84. The Morgan fingerprint density at radius 3 is 2.81 bits per heavy atom. The normalized spacial score (nSPS) is 30.4. The largest absolute Gasteiger partial charge is 0.378 e. The molecule has 1 amide bonds. The van der Waals surface area contributed by atoms with E-state index in [9.17, 15) is 13.6 Å².